The molecule has 27 heavy (non-hydrogen) atoms. The van der Waals surface area contributed by atoms with Gasteiger partial charge in [0.15, 0.2) is 11.5 Å². The van der Waals surface area contributed by atoms with Gasteiger partial charge in [-0.1, -0.05) is 18.7 Å². The van der Waals surface area contributed by atoms with Crippen molar-refractivity contribution in [1.82, 2.24) is 0 Å². The predicted molar refractivity (Wildman–Crippen MR) is 106 cm³/mol. The molecule has 0 aliphatic heterocycles. The molecule has 0 aromatic heterocycles. The highest BCUT2D eigenvalue weighted by atomic mass is 16.5. The van der Waals surface area contributed by atoms with Crippen molar-refractivity contribution < 1.29 is 23.7 Å². The number of rotatable bonds is 9. The summed E-state index contributed by atoms with van der Waals surface area (Å²) in [5.74, 6) is 2.05. The second kappa shape index (κ2) is 9.91. The first kappa shape index (κ1) is 19.9. The largest absolute Gasteiger partial charge is 0.497 e. The van der Waals surface area contributed by atoms with Gasteiger partial charge in [-0.2, -0.15) is 0 Å². The topological polar surface area (TPSA) is 66.0 Å². The number of anilines is 1. The van der Waals surface area contributed by atoms with Gasteiger partial charge >= 0.3 is 0 Å². The third-order valence-electron chi connectivity index (χ3n) is 3.64. The van der Waals surface area contributed by atoms with E-state index in [1.165, 1.54) is 13.2 Å². The minimum absolute atomic E-state index is 0.299. The van der Waals surface area contributed by atoms with E-state index in [1.54, 1.807) is 56.7 Å². The van der Waals surface area contributed by atoms with Gasteiger partial charge in [-0.05, 0) is 35.9 Å². The van der Waals surface area contributed by atoms with Crippen molar-refractivity contribution in [3.63, 3.8) is 0 Å². The molecule has 2 rings (SSSR count). The van der Waals surface area contributed by atoms with Crippen LogP contribution in [0.25, 0.3) is 6.08 Å². The third kappa shape index (κ3) is 5.54. The van der Waals surface area contributed by atoms with Crippen molar-refractivity contribution in [2.24, 2.45) is 0 Å². The predicted octanol–water partition coefficient (Wildman–Crippen LogP) is 3.93. The summed E-state index contributed by atoms with van der Waals surface area (Å²) in [5.41, 5.74) is 1.32. The lowest BCUT2D eigenvalue weighted by atomic mass is 10.2. The standard InChI is InChI=1S/C21H23NO5/c1-5-12-27-19-9-6-15(13-20(19)26-4)7-11-21(23)22-17-14-16(24-2)8-10-18(17)25-3/h5-11,13-14H,1,12H2,2-4H3,(H,22,23)/b11-7+. The number of amides is 1. The lowest BCUT2D eigenvalue weighted by Crippen LogP contribution is -2.09. The van der Waals surface area contributed by atoms with Crippen LogP contribution < -0.4 is 24.3 Å². The summed E-state index contributed by atoms with van der Waals surface area (Å²) in [5, 5.41) is 2.78. The summed E-state index contributed by atoms with van der Waals surface area (Å²) in [6.07, 6.45) is 4.77. The lowest BCUT2D eigenvalue weighted by molar-refractivity contribution is -0.111. The minimum Gasteiger partial charge on any atom is -0.497 e. The molecule has 6 heteroatoms. The van der Waals surface area contributed by atoms with E-state index in [4.69, 9.17) is 18.9 Å². The number of hydrogen-bond acceptors (Lipinski definition) is 5. The van der Waals surface area contributed by atoms with Gasteiger partial charge in [0.2, 0.25) is 5.91 Å². The van der Waals surface area contributed by atoms with Crippen LogP contribution in [0, 0.1) is 0 Å². The van der Waals surface area contributed by atoms with Crippen molar-refractivity contribution in [3.05, 3.63) is 60.7 Å². The molecule has 0 saturated heterocycles. The minimum atomic E-state index is -0.299. The Morgan fingerprint density at radius 2 is 1.74 bits per heavy atom. The Morgan fingerprint density at radius 3 is 2.41 bits per heavy atom. The molecule has 0 bridgehead atoms. The monoisotopic (exact) mass is 369 g/mol. The fraction of sp³-hybridized carbons (Fsp3) is 0.190. The third-order valence-corrected chi connectivity index (χ3v) is 3.64. The van der Waals surface area contributed by atoms with Gasteiger partial charge in [-0.15, -0.1) is 0 Å². The van der Waals surface area contributed by atoms with E-state index in [2.05, 4.69) is 11.9 Å². The normalized spacial score (nSPS) is 10.3. The van der Waals surface area contributed by atoms with Crippen molar-refractivity contribution in [1.29, 1.82) is 0 Å². The quantitative estimate of drug-likeness (QED) is 0.536. The summed E-state index contributed by atoms with van der Waals surface area (Å²) in [4.78, 5) is 12.3. The van der Waals surface area contributed by atoms with E-state index < -0.39 is 0 Å². The van der Waals surface area contributed by atoms with Gasteiger partial charge in [0.1, 0.15) is 18.1 Å². The Balaban J connectivity index is 2.11. The van der Waals surface area contributed by atoms with Crippen LogP contribution in [0.1, 0.15) is 5.56 Å². The van der Waals surface area contributed by atoms with Gasteiger partial charge in [0, 0.05) is 12.1 Å². The maximum Gasteiger partial charge on any atom is 0.248 e. The number of hydrogen-bond donors (Lipinski definition) is 1. The molecule has 0 aliphatic carbocycles. The molecule has 0 radical (unpaired) electrons. The van der Waals surface area contributed by atoms with Crippen LogP contribution in [0.15, 0.2) is 55.1 Å². The molecule has 0 fully saturated rings. The van der Waals surface area contributed by atoms with Gasteiger partial charge in [-0.3, -0.25) is 4.79 Å². The molecule has 0 unspecified atom stereocenters. The van der Waals surface area contributed by atoms with E-state index in [-0.39, 0.29) is 5.91 Å². The van der Waals surface area contributed by atoms with E-state index in [0.29, 0.717) is 35.3 Å². The van der Waals surface area contributed by atoms with Crippen LogP contribution >= 0.6 is 0 Å². The summed E-state index contributed by atoms with van der Waals surface area (Å²) >= 11 is 0. The average Bonchev–Trinajstić information content (AvgIpc) is 2.70. The molecule has 0 spiro atoms. The Morgan fingerprint density at radius 1 is 1.00 bits per heavy atom. The van der Waals surface area contributed by atoms with E-state index in [0.717, 1.165) is 5.56 Å². The SMILES string of the molecule is C=CCOc1ccc(/C=C/C(=O)Nc2cc(OC)ccc2OC)cc1OC. The molecule has 1 N–H and O–H groups in total. The first-order valence-electron chi connectivity index (χ1n) is 8.24. The molecule has 0 atom stereocenters. The number of ether oxygens (including phenoxy) is 4. The van der Waals surface area contributed by atoms with Crippen LogP contribution in [0.4, 0.5) is 5.69 Å². The molecule has 2 aromatic carbocycles. The van der Waals surface area contributed by atoms with Crippen LogP contribution in [0.3, 0.4) is 0 Å². The van der Waals surface area contributed by atoms with E-state index >= 15 is 0 Å². The summed E-state index contributed by atoms with van der Waals surface area (Å²) in [6.45, 7) is 4.00. The Hall–Kier alpha value is -3.41. The van der Waals surface area contributed by atoms with Gasteiger partial charge in [0.25, 0.3) is 0 Å². The Labute approximate surface area is 159 Å². The number of benzene rings is 2. The van der Waals surface area contributed by atoms with Crippen LogP contribution in [-0.2, 0) is 4.79 Å². The molecule has 1 amide bonds. The van der Waals surface area contributed by atoms with Gasteiger partial charge < -0.3 is 24.3 Å². The highest BCUT2D eigenvalue weighted by Gasteiger charge is 2.08. The average molecular weight is 369 g/mol. The molecule has 0 heterocycles. The van der Waals surface area contributed by atoms with Gasteiger partial charge in [0.05, 0.1) is 27.0 Å². The van der Waals surface area contributed by atoms with Crippen molar-refractivity contribution in [2.75, 3.05) is 33.3 Å². The molecule has 6 nitrogen and oxygen atoms in total. The zero-order valence-electron chi connectivity index (χ0n) is 15.7. The molecular formula is C21H23NO5. The summed E-state index contributed by atoms with van der Waals surface area (Å²) < 4.78 is 21.3. The summed E-state index contributed by atoms with van der Waals surface area (Å²) in [7, 11) is 4.66. The van der Waals surface area contributed by atoms with Crippen LogP contribution in [0.2, 0.25) is 0 Å². The fourth-order valence-electron chi connectivity index (χ4n) is 2.31. The number of carbonyl (C=O) groups excluding carboxylic acids is 1. The van der Waals surface area contributed by atoms with Crippen molar-refractivity contribution in [3.8, 4) is 23.0 Å². The zero-order chi connectivity index (χ0) is 19.6. The van der Waals surface area contributed by atoms with E-state index in [9.17, 15) is 4.79 Å². The summed E-state index contributed by atoms with van der Waals surface area (Å²) in [6, 6.07) is 10.6. The lowest BCUT2D eigenvalue weighted by Gasteiger charge is -2.11. The Bertz CT molecular complexity index is 829. The fourth-order valence-corrected chi connectivity index (χ4v) is 2.31. The zero-order valence-corrected chi connectivity index (χ0v) is 15.7. The molecule has 0 aliphatic rings. The van der Waals surface area contributed by atoms with Crippen molar-refractivity contribution >= 4 is 17.7 Å². The Kier molecular flexibility index (Phi) is 7.31. The highest BCUT2D eigenvalue weighted by molar-refractivity contribution is 6.02. The first-order valence-corrected chi connectivity index (χ1v) is 8.24. The second-order valence-corrected chi connectivity index (χ2v) is 5.40. The number of nitrogens with one attached hydrogen (secondary N) is 1. The number of carbonyl (C=O) groups is 1. The maximum atomic E-state index is 12.3. The highest BCUT2D eigenvalue weighted by Crippen LogP contribution is 2.30. The van der Waals surface area contributed by atoms with Gasteiger partial charge in [-0.25, -0.2) is 0 Å². The molecule has 142 valence electrons. The maximum absolute atomic E-state index is 12.3. The van der Waals surface area contributed by atoms with Crippen molar-refractivity contribution in [2.45, 2.75) is 0 Å². The first-order chi connectivity index (χ1) is 13.1. The molecular weight excluding hydrogens is 346 g/mol. The smallest absolute Gasteiger partial charge is 0.248 e. The van der Waals surface area contributed by atoms with Crippen LogP contribution in [-0.4, -0.2) is 33.8 Å². The molecule has 2 aromatic rings. The van der Waals surface area contributed by atoms with Crippen LogP contribution in [0.5, 0.6) is 23.0 Å². The number of methoxy groups -OCH3 is 3. The second-order valence-electron chi connectivity index (χ2n) is 5.40. The van der Waals surface area contributed by atoms with E-state index in [1.807, 2.05) is 6.07 Å². The molecule has 0 saturated carbocycles.